The molecule has 5 rings (SSSR count). The van der Waals surface area contributed by atoms with Crippen LogP contribution < -0.4 is 20.1 Å². The number of nitrogens with zero attached hydrogens (tertiary/aromatic N) is 7. The number of amides is 1. The monoisotopic (exact) mass is 520 g/mol. The first-order chi connectivity index (χ1) is 18.9. The predicted octanol–water partition coefficient (Wildman–Crippen LogP) is 3.13. The van der Waals surface area contributed by atoms with Crippen molar-refractivity contribution in [1.82, 2.24) is 29.7 Å². The molecule has 0 aliphatic carbocycles. The van der Waals surface area contributed by atoms with Gasteiger partial charge in [-0.05, 0) is 30.2 Å². The lowest BCUT2D eigenvalue weighted by molar-refractivity contribution is 0.0995. The molecule has 0 bridgehead atoms. The minimum Gasteiger partial charge on any atom is -0.497 e. The highest BCUT2D eigenvalue weighted by Gasteiger charge is 2.14. The largest absolute Gasteiger partial charge is 0.497 e. The average molecular weight is 521 g/mol. The van der Waals surface area contributed by atoms with Gasteiger partial charge in [0.2, 0.25) is 5.82 Å². The molecule has 0 unspecified atom stereocenters. The first kappa shape index (κ1) is 25.2. The van der Waals surface area contributed by atoms with Crippen LogP contribution in [0, 0.1) is 11.8 Å². The number of aryl methyl sites for hydroxylation is 1. The van der Waals surface area contributed by atoms with Gasteiger partial charge in [-0.3, -0.25) is 14.5 Å². The molecule has 0 fully saturated rings. The lowest BCUT2D eigenvalue weighted by Crippen LogP contribution is -2.18. The van der Waals surface area contributed by atoms with E-state index in [1.807, 2.05) is 48.5 Å². The Morgan fingerprint density at radius 1 is 0.974 bits per heavy atom. The number of nitrogens with two attached hydrogens (primary N) is 1. The molecule has 0 atom stereocenters. The topological polar surface area (TPSA) is 134 Å². The Morgan fingerprint density at radius 3 is 2.46 bits per heavy atom. The van der Waals surface area contributed by atoms with Gasteiger partial charge >= 0.3 is 0 Å². The molecule has 11 heteroatoms. The number of aromatic nitrogens is 6. The molecule has 1 amide bonds. The van der Waals surface area contributed by atoms with E-state index in [4.69, 9.17) is 20.2 Å². The molecule has 11 nitrogen and oxygen atoms in total. The SMILES string of the molecule is COc1cc(OC)cc(N(CC#Cc2nccc(C(N)=O)n2)c2ccc3ncc(-c4cnn(C)c4)nc3c2)c1. The van der Waals surface area contributed by atoms with Crippen LogP contribution in [0.2, 0.25) is 0 Å². The number of rotatable bonds is 7. The van der Waals surface area contributed by atoms with Gasteiger partial charge in [0, 0.05) is 54.6 Å². The Morgan fingerprint density at radius 2 is 1.77 bits per heavy atom. The van der Waals surface area contributed by atoms with Crippen molar-refractivity contribution in [2.45, 2.75) is 0 Å². The van der Waals surface area contributed by atoms with E-state index in [9.17, 15) is 4.79 Å². The molecule has 3 aromatic heterocycles. The lowest BCUT2D eigenvalue weighted by Gasteiger charge is -2.24. The summed E-state index contributed by atoms with van der Waals surface area (Å²) in [6, 6.07) is 12.8. The van der Waals surface area contributed by atoms with E-state index >= 15 is 0 Å². The van der Waals surface area contributed by atoms with Crippen molar-refractivity contribution in [1.29, 1.82) is 0 Å². The van der Waals surface area contributed by atoms with Crippen LogP contribution >= 0.6 is 0 Å². The highest BCUT2D eigenvalue weighted by atomic mass is 16.5. The second-order valence-corrected chi connectivity index (χ2v) is 8.42. The fraction of sp³-hybridized carbons (Fsp3) is 0.143. The Labute approximate surface area is 224 Å². The van der Waals surface area contributed by atoms with Crippen molar-refractivity contribution >= 4 is 28.3 Å². The molecule has 2 N–H and O–H groups in total. The maximum atomic E-state index is 11.5. The summed E-state index contributed by atoms with van der Waals surface area (Å²) >= 11 is 0. The van der Waals surface area contributed by atoms with Gasteiger partial charge in [0.05, 0.1) is 49.9 Å². The molecule has 194 valence electrons. The molecule has 39 heavy (non-hydrogen) atoms. The molecular weight excluding hydrogens is 496 g/mol. The maximum absolute atomic E-state index is 11.5. The van der Waals surface area contributed by atoms with E-state index in [2.05, 4.69) is 31.9 Å². The molecule has 0 spiro atoms. The maximum Gasteiger partial charge on any atom is 0.267 e. The number of fused-ring (bicyclic) bond motifs is 1. The van der Waals surface area contributed by atoms with Crippen LogP contribution in [0.15, 0.2) is 67.3 Å². The van der Waals surface area contributed by atoms with Crippen LogP contribution in [-0.4, -0.2) is 56.4 Å². The number of hydrogen-bond acceptors (Lipinski definition) is 9. The van der Waals surface area contributed by atoms with Crippen LogP contribution in [0.5, 0.6) is 11.5 Å². The summed E-state index contributed by atoms with van der Waals surface area (Å²) in [5, 5.41) is 4.23. The second-order valence-electron chi connectivity index (χ2n) is 8.42. The first-order valence-corrected chi connectivity index (χ1v) is 11.8. The zero-order valence-electron chi connectivity index (χ0n) is 21.5. The third-order valence-electron chi connectivity index (χ3n) is 5.83. The van der Waals surface area contributed by atoms with Crippen LogP contribution in [0.4, 0.5) is 11.4 Å². The van der Waals surface area contributed by atoms with Crippen LogP contribution in [0.1, 0.15) is 16.3 Å². The standard InChI is InChI=1S/C28H24N8O3/c1-35-17-18(15-32-35)26-16-31-23-7-6-19(13-25(23)33-26)36(20-11-21(38-2)14-22(12-20)39-3)10-4-5-27-30-9-8-24(34-27)28(29)37/h6-9,11-17H,10H2,1-3H3,(H2,29,37). The molecule has 0 aliphatic rings. The predicted molar refractivity (Wildman–Crippen MR) is 146 cm³/mol. The minimum absolute atomic E-state index is 0.0983. The smallest absolute Gasteiger partial charge is 0.267 e. The fourth-order valence-electron chi connectivity index (χ4n) is 3.89. The molecule has 5 aromatic rings. The molecule has 0 aliphatic heterocycles. The van der Waals surface area contributed by atoms with Gasteiger partial charge in [-0.25, -0.2) is 15.0 Å². The third kappa shape index (κ3) is 5.60. The van der Waals surface area contributed by atoms with E-state index in [1.54, 1.807) is 37.4 Å². The minimum atomic E-state index is -0.645. The molecule has 3 heterocycles. The zero-order valence-corrected chi connectivity index (χ0v) is 21.5. The Bertz CT molecular complexity index is 1720. The van der Waals surface area contributed by atoms with E-state index in [0.717, 1.165) is 22.5 Å². The molecule has 0 radical (unpaired) electrons. The van der Waals surface area contributed by atoms with Gasteiger partial charge in [0.1, 0.15) is 17.2 Å². The second kappa shape index (κ2) is 10.9. The van der Waals surface area contributed by atoms with E-state index < -0.39 is 5.91 Å². The van der Waals surface area contributed by atoms with Crippen molar-refractivity contribution in [2.75, 3.05) is 25.7 Å². The van der Waals surface area contributed by atoms with Gasteiger partial charge in [0.15, 0.2) is 0 Å². The summed E-state index contributed by atoms with van der Waals surface area (Å²) in [5.41, 5.74) is 10.1. The van der Waals surface area contributed by atoms with E-state index in [1.165, 1.54) is 12.3 Å². The van der Waals surface area contributed by atoms with Crippen molar-refractivity contribution < 1.29 is 14.3 Å². The molecular formula is C28H24N8O3. The van der Waals surface area contributed by atoms with Crippen molar-refractivity contribution in [2.24, 2.45) is 12.8 Å². The number of ether oxygens (including phenoxy) is 2. The number of anilines is 2. The Hall–Kier alpha value is -5.50. The van der Waals surface area contributed by atoms with Crippen LogP contribution in [0.25, 0.3) is 22.3 Å². The fourth-order valence-corrected chi connectivity index (χ4v) is 3.89. The number of carbonyl (C=O) groups is 1. The summed E-state index contributed by atoms with van der Waals surface area (Å²) in [5.74, 6) is 6.81. The van der Waals surface area contributed by atoms with E-state index in [-0.39, 0.29) is 18.1 Å². The quantitative estimate of drug-likeness (QED) is 0.321. The average Bonchev–Trinajstić information content (AvgIpc) is 3.40. The normalized spacial score (nSPS) is 10.5. The molecule has 0 saturated carbocycles. The summed E-state index contributed by atoms with van der Waals surface area (Å²) in [6.07, 6.45) is 6.82. The highest BCUT2D eigenvalue weighted by Crippen LogP contribution is 2.34. The van der Waals surface area contributed by atoms with Crippen LogP contribution in [-0.2, 0) is 7.05 Å². The van der Waals surface area contributed by atoms with Crippen molar-refractivity contribution in [3.05, 3.63) is 78.8 Å². The van der Waals surface area contributed by atoms with Crippen molar-refractivity contribution in [3.63, 3.8) is 0 Å². The number of methoxy groups -OCH3 is 2. The van der Waals surface area contributed by atoms with Gasteiger partial charge in [-0.1, -0.05) is 5.92 Å². The summed E-state index contributed by atoms with van der Waals surface area (Å²) in [7, 11) is 5.04. The van der Waals surface area contributed by atoms with Gasteiger partial charge in [0.25, 0.3) is 5.91 Å². The number of benzene rings is 2. The summed E-state index contributed by atoms with van der Waals surface area (Å²) in [4.78, 5) is 31.1. The number of hydrogen-bond donors (Lipinski definition) is 1. The number of primary amides is 1. The summed E-state index contributed by atoms with van der Waals surface area (Å²) < 4.78 is 12.7. The third-order valence-corrected chi connectivity index (χ3v) is 5.83. The van der Waals surface area contributed by atoms with E-state index in [0.29, 0.717) is 22.7 Å². The first-order valence-electron chi connectivity index (χ1n) is 11.8. The van der Waals surface area contributed by atoms with Crippen molar-refractivity contribution in [3.8, 4) is 34.6 Å². The highest BCUT2D eigenvalue weighted by molar-refractivity contribution is 5.90. The Kier molecular flexibility index (Phi) is 7.00. The zero-order chi connectivity index (χ0) is 27.4. The summed E-state index contributed by atoms with van der Waals surface area (Å²) in [6.45, 7) is 0.252. The molecule has 0 saturated heterocycles. The lowest BCUT2D eigenvalue weighted by atomic mass is 10.2. The van der Waals surface area contributed by atoms with Gasteiger partial charge < -0.3 is 20.1 Å². The number of carbonyl (C=O) groups excluding carboxylic acids is 1. The van der Waals surface area contributed by atoms with Crippen LogP contribution in [0.3, 0.4) is 0 Å². The van der Waals surface area contributed by atoms with Gasteiger partial charge in [-0.2, -0.15) is 5.10 Å². The van der Waals surface area contributed by atoms with Gasteiger partial charge in [-0.15, -0.1) is 0 Å². The Balaban J connectivity index is 1.57. The molecule has 2 aromatic carbocycles.